The van der Waals surface area contributed by atoms with Crippen LogP contribution < -0.4 is 51.4 Å². The minimum absolute atomic E-state index is 0. The van der Waals surface area contributed by atoms with E-state index in [0.29, 0.717) is 0 Å². The van der Waals surface area contributed by atoms with Crippen molar-refractivity contribution in [1.82, 2.24) is 0 Å². The SMILES string of the molecule is CC.CCC(C)C.CCc1ccccc1.[CH2-]CC.[CH3-].[K+]. The van der Waals surface area contributed by atoms with Crippen LogP contribution in [0.25, 0.3) is 0 Å². The van der Waals surface area contributed by atoms with Crippen LogP contribution in [0.5, 0.6) is 0 Å². The van der Waals surface area contributed by atoms with Crippen molar-refractivity contribution in [2.75, 3.05) is 0 Å². The average Bonchev–Trinajstić information content (AvgIpc) is 2.43. The van der Waals surface area contributed by atoms with E-state index in [1.165, 1.54) is 12.0 Å². The molecule has 0 aromatic heterocycles. The van der Waals surface area contributed by atoms with E-state index in [-0.39, 0.29) is 58.8 Å². The van der Waals surface area contributed by atoms with Gasteiger partial charge in [0.05, 0.1) is 0 Å². The van der Waals surface area contributed by atoms with Gasteiger partial charge in [-0.3, -0.25) is 0 Å². The van der Waals surface area contributed by atoms with Crippen LogP contribution >= 0.6 is 0 Å². The molecule has 0 spiro atoms. The zero-order chi connectivity index (χ0) is 14.8. The molecule has 1 aromatic rings. The van der Waals surface area contributed by atoms with Gasteiger partial charge in [0.25, 0.3) is 0 Å². The number of hydrogen-bond acceptors (Lipinski definition) is 0. The van der Waals surface area contributed by atoms with Crippen LogP contribution in [0.4, 0.5) is 0 Å². The standard InChI is InChI=1S/C8H10.C5H12.C3H7.C2H6.CH3.K/c1-2-8-6-4-3-5-7-8;1-4-5(2)3;1-3-2;1-2;;/h3-7H,2H2,1H3;5H,4H2,1-3H3;1,3H2,2H3;1-2H3;1H3;/q;;-1;;-1;+1. The summed E-state index contributed by atoms with van der Waals surface area (Å²) in [4.78, 5) is 0. The van der Waals surface area contributed by atoms with Gasteiger partial charge >= 0.3 is 51.4 Å². The molecule has 0 N–H and O–H groups in total. The molecular weight excluding hydrogens is 267 g/mol. The van der Waals surface area contributed by atoms with E-state index >= 15 is 0 Å². The first-order valence-corrected chi connectivity index (χ1v) is 7.45. The maximum atomic E-state index is 3.49. The Morgan fingerprint density at radius 2 is 1.25 bits per heavy atom. The van der Waals surface area contributed by atoms with Crippen molar-refractivity contribution in [3.8, 4) is 0 Å². The minimum Gasteiger partial charge on any atom is -0.358 e. The monoisotopic (exact) mass is 305 g/mol. The molecule has 1 aromatic carbocycles. The van der Waals surface area contributed by atoms with Gasteiger partial charge in [-0.15, -0.1) is 0 Å². The van der Waals surface area contributed by atoms with Crippen molar-refractivity contribution in [3.05, 3.63) is 50.2 Å². The summed E-state index contributed by atoms with van der Waals surface area (Å²) in [7, 11) is 0. The zero-order valence-electron chi connectivity index (χ0n) is 15.8. The Balaban J connectivity index is -0.0000000553. The quantitative estimate of drug-likeness (QED) is 0.572. The first-order valence-electron chi connectivity index (χ1n) is 7.45. The maximum Gasteiger partial charge on any atom is 1.00 e. The molecule has 0 aliphatic carbocycles. The van der Waals surface area contributed by atoms with E-state index in [2.05, 4.69) is 58.9 Å². The predicted molar refractivity (Wildman–Crippen MR) is 94.4 cm³/mol. The molecule has 1 heteroatoms. The maximum absolute atomic E-state index is 3.49. The van der Waals surface area contributed by atoms with Crippen molar-refractivity contribution in [3.63, 3.8) is 0 Å². The van der Waals surface area contributed by atoms with Gasteiger partial charge in [-0.2, -0.15) is 6.42 Å². The van der Waals surface area contributed by atoms with Gasteiger partial charge in [0, 0.05) is 0 Å². The molecule has 0 aliphatic rings. The Morgan fingerprint density at radius 3 is 1.40 bits per heavy atom. The number of hydrogen-bond donors (Lipinski definition) is 0. The summed E-state index contributed by atoms with van der Waals surface area (Å²) in [5.74, 6) is 0.884. The Bertz CT molecular complexity index is 204. The topological polar surface area (TPSA) is 0 Å². The van der Waals surface area contributed by atoms with E-state index in [1.54, 1.807) is 0 Å². The zero-order valence-corrected chi connectivity index (χ0v) is 18.9. The fourth-order valence-electron chi connectivity index (χ4n) is 0.714. The van der Waals surface area contributed by atoms with Crippen LogP contribution in [0, 0.1) is 20.3 Å². The molecule has 116 valence electrons. The van der Waals surface area contributed by atoms with Crippen molar-refractivity contribution in [2.45, 2.75) is 67.7 Å². The molecule has 0 saturated carbocycles. The summed E-state index contributed by atoms with van der Waals surface area (Å²) in [6.07, 6.45) is 3.45. The third kappa shape index (κ3) is 36.4. The number of rotatable bonds is 2. The van der Waals surface area contributed by atoms with Crippen LogP contribution in [-0.2, 0) is 6.42 Å². The molecule has 20 heavy (non-hydrogen) atoms. The van der Waals surface area contributed by atoms with Crippen LogP contribution in [-0.4, -0.2) is 0 Å². The third-order valence-electron chi connectivity index (χ3n) is 2.07. The molecule has 0 nitrogen and oxygen atoms in total. The summed E-state index contributed by atoms with van der Waals surface area (Å²) < 4.78 is 0. The van der Waals surface area contributed by atoms with Gasteiger partial charge in [-0.1, -0.05) is 85.2 Å². The second-order valence-electron chi connectivity index (χ2n) is 4.14. The van der Waals surface area contributed by atoms with Gasteiger partial charge in [0.15, 0.2) is 0 Å². The molecule has 0 saturated heterocycles. The summed E-state index contributed by atoms with van der Waals surface area (Å²) in [5.41, 5.74) is 1.41. The minimum atomic E-state index is 0. The summed E-state index contributed by atoms with van der Waals surface area (Å²) >= 11 is 0. The summed E-state index contributed by atoms with van der Waals surface area (Å²) in [6, 6.07) is 10.5. The van der Waals surface area contributed by atoms with Crippen LogP contribution in [0.2, 0.25) is 0 Å². The van der Waals surface area contributed by atoms with Gasteiger partial charge in [0.1, 0.15) is 0 Å². The fraction of sp³-hybridized carbons (Fsp3) is 0.579. The molecule has 0 amide bonds. The summed E-state index contributed by atoms with van der Waals surface area (Å²) in [5, 5.41) is 0. The van der Waals surface area contributed by atoms with Crippen molar-refractivity contribution >= 4 is 0 Å². The van der Waals surface area contributed by atoms with E-state index in [9.17, 15) is 0 Å². The van der Waals surface area contributed by atoms with Crippen molar-refractivity contribution in [1.29, 1.82) is 0 Å². The molecule has 0 fully saturated rings. The predicted octanol–water partition coefficient (Wildman–Crippen LogP) is 4.01. The second-order valence-corrected chi connectivity index (χ2v) is 4.14. The van der Waals surface area contributed by atoms with Crippen LogP contribution in [0.15, 0.2) is 30.3 Å². The molecule has 0 heterocycles. The smallest absolute Gasteiger partial charge is 0.358 e. The molecular formula is C19H38K-. The van der Waals surface area contributed by atoms with Crippen LogP contribution in [0.3, 0.4) is 0 Å². The molecule has 0 atom stereocenters. The molecule has 0 unspecified atom stereocenters. The molecule has 0 bridgehead atoms. The van der Waals surface area contributed by atoms with E-state index in [1.807, 2.05) is 26.8 Å². The Hall–Kier alpha value is 0.856. The van der Waals surface area contributed by atoms with Gasteiger partial charge in [-0.05, 0) is 17.9 Å². The number of aryl methyl sites for hydroxylation is 1. The number of benzene rings is 1. The normalized spacial score (nSPS) is 7.25. The molecule has 0 aliphatic heterocycles. The van der Waals surface area contributed by atoms with Crippen molar-refractivity contribution in [2.24, 2.45) is 5.92 Å². The Labute approximate surface area is 173 Å². The first-order chi connectivity index (χ1) is 8.62. The van der Waals surface area contributed by atoms with Gasteiger partial charge < -0.3 is 14.4 Å². The Kier molecular flexibility index (Phi) is 52.3. The second kappa shape index (κ2) is 32.0. The van der Waals surface area contributed by atoms with Crippen LogP contribution in [0.1, 0.15) is 66.9 Å². The first kappa shape index (κ1) is 32.7. The van der Waals surface area contributed by atoms with Gasteiger partial charge in [0.2, 0.25) is 0 Å². The molecule has 0 radical (unpaired) electrons. The Morgan fingerprint density at radius 1 is 0.950 bits per heavy atom. The summed E-state index contributed by atoms with van der Waals surface area (Å²) in [6.45, 7) is 18.3. The molecule has 1 rings (SSSR count). The van der Waals surface area contributed by atoms with Gasteiger partial charge in [-0.25, -0.2) is 0 Å². The third-order valence-corrected chi connectivity index (χ3v) is 2.07. The van der Waals surface area contributed by atoms with Crippen molar-refractivity contribution < 1.29 is 51.4 Å². The fourth-order valence-corrected chi connectivity index (χ4v) is 0.714. The van der Waals surface area contributed by atoms with E-state index in [0.717, 1.165) is 18.8 Å². The van der Waals surface area contributed by atoms with E-state index in [4.69, 9.17) is 0 Å². The average molecular weight is 306 g/mol. The van der Waals surface area contributed by atoms with E-state index < -0.39 is 0 Å². The largest absolute Gasteiger partial charge is 1.00 e.